The molecule has 1 aromatic rings. The van der Waals surface area contributed by atoms with Gasteiger partial charge in [0.25, 0.3) is 0 Å². The van der Waals surface area contributed by atoms with Crippen molar-refractivity contribution in [2.24, 2.45) is 0 Å². The molecular formula is C10H5F4NOS2. The molecule has 96 valence electrons. The third-order valence-corrected chi connectivity index (χ3v) is 3.66. The van der Waals surface area contributed by atoms with Gasteiger partial charge in [0.2, 0.25) is 5.91 Å². The van der Waals surface area contributed by atoms with Crippen molar-refractivity contribution in [3.63, 3.8) is 0 Å². The molecule has 8 heteroatoms. The first-order valence-electron chi connectivity index (χ1n) is 4.76. The SMILES string of the molecule is O=C1CCSC(=S)N1c1c(F)c(F)cc(F)c1F. The molecule has 0 unspecified atom stereocenters. The number of anilines is 1. The third kappa shape index (κ3) is 2.10. The van der Waals surface area contributed by atoms with Crippen molar-refractivity contribution in [1.82, 2.24) is 0 Å². The van der Waals surface area contributed by atoms with E-state index in [0.717, 1.165) is 11.8 Å². The number of hydrogen-bond donors (Lipinski definition) is 0. The third-order valence-electron chi connectivity index (χ3n) is 2.29. The van der Waals surface area contributed by atoms with Crippen molar-refractivity contribution in [1.29, 1.82) is 0 Å². The van der Waals surface area contributed by atoms with Crippen LogP contribution in [-0.2, 0) is 4.79 Å². The summed E-state index contributed by atoms with van der Waals surface area (Å²) in [5.41, 5.74) is -1.09. The Bertz CT molecular complexity index is 507. The number of benzene rings is 1. The number of thiocarbonyl (C=S) groups is 1. The molecule has 1 fully saturated rings. The first-order chi connectivity index (χ1) is 8.43. The highest BCUT2D eigenvalue weighted by atomic mass is 32.2. The van der Waals surface area contributed by atoms with Gasteiger partial charge < -0.3 is 0 Å². The van der Waals surface area contributed by atoms with Crippen molar-refractivity contribution < 1.29 is 22.4 Å². The Morgan fingerprint density at radius 1 is 1.17 bits per heavy atom. The molecule has 0 spiro atoms. The van der Waals surface area contributed by atoms with Crippen LogP contribution in [0.3, 0.4) is 0 Å². The van der Waals surface area contributed by atoms with E-state index in [9.17, 15) is 22.4 Å². The zero-order valence-corrected chi connectivity index (χ0v) is 10.3. The normalized spacial score (nSPS) is 16.3. The molecule has 1 heterocycles. The van der Waals surface area contributed by atoms with Gasteiger partial charge in [-0.1, -0.05) is 24.0 Å². The Labute approximate surface area is 109 Å². The zero-order valence-electron chi connectivity index (χ0n) is 8.68. The van der Waals surface area contributed by atoms with Crippen LogP contribution in [0, 0.1) is 23.3 Å². The number of hydrogen-bond acceptors (Lipinski definition) is 3. The van der Waals surface area contributed by atoms with E-state index in [4.69, 9.17) is 12.2 Å². The van der Waals surface area contributed by atoms with Crippen molar-refractivity contribution in [2.75, 3.05) is 10.7 Å². The molecule has 1 aliphatic heterocycles. The summed E-state index contributed by atoms with van der Waals surface area (Å²) in [6.07, 6.45) is -0.0121. The van der Waals surface area contributed by atoms with E-state index in [1.807, 2.05) is 0 Å². The lowest BCUT2D eigenvalue weighted by molar-refractivity contribution is -0.117. The molecule has 1 aromatic carbocycles. The van der Waals surface area contributed by atoms with E-state index in [1.165, 1.54) is 0 Å². The van der Waals surface area contributed by atoms with Crippen molar-refractivity contribution in [2.45, 2.75) is 6.42 Å². The van der Waals surface area contributed by atoms with Gasteiger partial charge in [0.1, 0.15) is 10.0 Å². The summed E-state index contributed by atoms with van der Waals surface area (Å²) >= 11 is 5.79. The Kier molecular flexibility index (Phi) is 3.58. The van der Waals surface area contributed by atoms with Gasteiger partial charge in [0.15, 0.2) is 23.3 Å². The van der Waals surface area contributed by atoms with E-state index in [2.05, 4.69) is 0 Å². The van der Waals surface area contributed by atoms with Gasteiger partial charge >= 0.3 is 0 Å². The van der Waals surface area contributed by atoms with E-state index in [0.29, 0.717) is 10.7 Å². The van der Waals surface area contributed by atoms with Gasteiger partial charge in [-0.25, -0.2) is 17.6 Å². The molecule has 0 saturated carbocycles. The van der Waals surface area contributed by atoms with Crippen molar-refractivity contribution in [3.8, 4) is 0 Å². The summed E-state index contributed by atoms with van der Waals surface area (Å²) in [7, 11) is 0. The summed E-state index contributed by atoms with van der Waals surface area (Å²) in [6, 6.07) is 0.0821. The first kappa shape index (κ1) is 13.3. The molecule has 1 aliphatic rings. The van der Waals surface area contributed by atoms with Gasteiger partial charge in [-0.2, -0.15) is 0 Å². The summed E-state index contributed by atoms with van der Waals surface area (Å²) < 4.78 is 53.0. The first-order valence-corrected chi connectivity index (χ1v) is 6.15. The topological polar surface area (TPSA) is 20.3 Å². The second-order valence-corrected chi connectivity index (χ2v) is 5.14. The van der Waals surface area contributed by atoms with E-state index < -0.39 is 34.9 Å². The molecule has 0 bridgehead atoms. The molecule has 0 aromatic heterocycles. The van der Waals surface area contributed by atoms with Crippen LogP contribution in [0.15, 0.2) is 6.07 Å². The number of rotatable bonds is 1. The van der Waals surface area contributed by atoms with E-state index >= 15 is 0 Å². The average Bonchev–Trinajstić information content (AvgIpc) is 2.30. The fourth-order valence-corrected chi connectivity index (χ4v) is 2.69. The largest absolute Gasteiger partial charge is 0.274 e. The van der Waals surface area contributed by atoms with Gasteiger partial charge in [-0.3, -0.25) is 9.69 Å². The smallest absolute Gasteiger partial charge is 0.233 e. The van der Waals surface area contributed by atoms with Crippen LogP contribution in [-0.4, -0.2) is 16.0 Å². The zero-order chi connectivity index (χ0) is 13.4. The highest BCUT2D eigenvalue weighted by molar-refractivity contribution is 8.23. The van der Waals surface area contributed by atoms with Crippen LogP contribution in [0.5, 0.6) is 0 Å². The maximum Gasteiger partial charge on any atom is 0.233 e. The fraction of sp³-hybridized carbons (Fsp3) is 0.200. The minimum atomic E-state index is -1.63. The van der Waals surface area contributed by atoms with Gasteiger partial charge in [-0.05, 0) is 0 Å². The molecule has 1 saturated heterocycles. The molecule has 2 rings (SSSR count). The lowest BCUT2D eigenvalue weighted by atomic mass is 10.2. The molecule has 0 aliphatic carbocycles. The predicted molar refractivity (Wildman–Crippen MR) is 63.4 cm³/mol. The second-order valence-electron chi connectivity index (χ2n) is 3.41. The molecule has 0 N–H and O–H groups in total. The molecule has 1 amide bonds. The number of nitrogens with zero attached hydrogens (tertiary/aromatic N) is 1. The quantitative estimate of drug-likeness (QED) is 0.451. The van der Waals surface area contributed by atoms with Crippen molar-refractivity contribution >= 4 is 39.9 Å². The van der Waals surface area contributed by atoms with E-state index in [-0.39, 0.29) is 16.8 Å². The Hall–Kier alpha value is -1.15. The number of amides is 1. The predicted octanol–water partition coefficient (Wildman–Crippen LogP) is 3.00. The molecule has 0 atom stereocenters. The highest BCUT2D eigenvalue weighted by Crippen LogP contribution is 2.32. The molecule has 0 radical (unpaired) electrons. The summed E-state index contributed by atoms with van der Waals surface area (Å²) in [4.78, 5) is 12.1. The minimum Gasteiger partial charge on any atom is -0.274 e. The van der Waals surface area contributed by atoms with E-state index in [1.54, 1.807) is 0 Å². The summed E-state index contributed by atoms with van der Waals surface area (Å²) in [5.74, 6) is -6.74. The molecule has 2 nitrogen and oxygen atoms in total. The second kappa shape index (κ2) is 4.85. The Morgan fingerprint density at radius 2 is 1.72 bits per heavy atom. The fourth-order valence-electron chi connectivity index (χ4n) is 1.48. The lowest BCUT2D eigenvalue weighted by Crippen LogP contribution is -2.39. The summed E-state index contributed by atoms with van der Waals surface area (Å²) in [5, 5.41) is 0. The van der Waals surface area contributed by atoms with Crippen LogP contribution in [0.2, 0.25) is 0 Å². The molecular weight excluding hydrogens is 290 g/mol. The summed E-state index contributed by atoms with van der Waals surface area (Å²) in [6.45, 7) is 0. The number of carbonyl (C=O) groups is 1. The number of thioether (sulfide) groups is 1. The van der Waals surface area contributed by atoms with Crippen LogP contribution in [0.4, 0.5) is 23.2 Å². The Morgan fingerprint density at radius 3 is 2.22 bits per heavy atom. The van der Waals surface area contributed by atoms with Crippen LogP contribution in [0.25, 0.3) is 0 Å². The lowest BCUT2D eigenvalue weighted by Gasteiger charge is -2.27. The monoisotopic (exact) mass is 295 g/mol. The average molecular weight is 295 g/mol. The molecule has 18 heavy (non-hydrogen) atoms. The highest BCUT2D eigenvalue weighted by Gasteiger charge is 2.32. The maximum atomic E-state index is 13.5. The minimum absolute atomic E-state index is 0.0121. The van der Waals surface area contributed by atoms with Crippen molar-refractivity contribution in [3.05, 3.63) is 29.3 Å². The number of halogens is 4. The van der Waals surface area contributed by atoms with Gasteiger partial charge in [0.05, 0.1) is 0 Å². The Balaban J connectivity index is 2.62. The van der Waals surface area contributed by atoms with Crippen LogP contribution < -0.4 is 4.90 Å². The van der Waals surface area contributed by atoms with Gasteiger partial charge in [-0.15, -0.1) is 0 Å². The van der Waals surface area contributed by atoms with Crippen LogP contribution >= 0.6 is 24.0 Å². The standard InChI is InChI=1S/C10H5F4NOS2/c11-4-3-5(12)8(14)9(7(4)13)15-6(16)1-2-18-10(15)17/h3H,1-2H2. The maximum absolute atomic E-state index is 13.5. The number of carbonyl (C=O) groups excluding carboxylic acids is 1. The van der Waals surface area contributed by atoms with Crippen LogP contribution in [0.1, 0.15) is 6.42 Å². The van der Waals surface area contributed by atoms with Gasteiger partial charge in [0, 0.05) is 18.2 Å².